The van der Waals surface area contributed by atoms with Crippen molar-refractivity contribution in [1.29, 1.82) is 0 Å². The number of hydrogen-bond acceptors (Lipinski definition) is 2. The molecule has 0 aliphatic carbocycles. The molecule has 1 rings (SSSR count). The molecule has 1 aromatic heterocycles. The van der Waals surface area contributed by atoms with E-state index in [-0.39, 0.29) is 0 Å². The topological polar surface area (TPSA) is 12.9 Å². The lowest BCUT2D eigenvalue weighted by molar-refractivity contribution is 0.364. The van der Waals surface area contributed by atoms with Crippen LogP contribution in [0, 0.1) is 9.81 Å². The Morgan fingerprint density at radius 1 is 1.00 bits per heavy atom. The molecule has 1 nitrogen and oxygen atoms in total. The van der Waals surface area contributed by atoms with Crippen LogP contribution in [0.1, 0.15) is 89.3 Å². The number of rotatable bonds is 10. The van der Waals surface area contributed by atoms with E-state index in [4.69, 9.17) is 4.98 Å². The quantitative estimate of drug-likeness (QED) is 0.305. The summed E-state index contributed by atoms with van der Waals surface area (Å²) in [7, 11) is 0. The molecular weight excluding hydrogens is 377 g/mol. The maximum atomic E-state index is 4.87. The lowest BCUT2D eigenvalue weighted by Crippen LogP contribution is -2.22. The van der Waals surface area contributed by atoms with Crippen molar-refractivity contribution in [2.45, 2.75) is 90.9 Å². The number of aryl methyl sites for hydroxylation is 1. The molecule has 0 bridgehead atoms. The monoisotopic (exact) mass is 407 g/mol. The first-order valence-corrected chi connectivity index (χ1v) is 10.1. The lowest BCUT2D eigenvalue weighted by atomic mass is 9.80. The summed E-state index contributed by atoms with van der Waals surface area (Å²) >= 11 is 4.36. The smallest absolute Gasteiger partial charge is 0.0998 e. The van der Waals surface area contributed by atoms with Crippen LogP contribution in [0.15, 0.2) is 0 Å². The van der Waals surface area contributed by atoms with Crippen molar-refractivity contribution in [3.8, 4) is 0 Å². The average Bonchev–Trinajstić information content (AvgIpc) is 2.76. The minimum Gasteiger partial charge on any atom is -0.245 e. The Kier molecular flexibility index (Phi) is 8.64. The van der Waals surface area contributed by atoms with Crippen molar-refractivity contribution in [3.63, 3.8) is 0 Å². The van der Waals surface area contributed by atoms with Crippen molar-refractivity contribution < 1.29 is 0 Å². The zero-order valence-corrected chi connectivity index (χ0v) is 16.6. The number of aromatic nitrogens is 1. The molecule has 0 aromatic carbocycles. The molecular formula is C17H30INS. The zero-order valence-electron chi connectivity index (χ0n) is 13.6. The number of halogens is 1. The third-order valence-corrected chi connectivity index (χ3v) is 6.86. The van der Waals surface area contributed by atoms with E-state index in [1.165, 1.54) is 71.4 Å². The van der Waals surface area contributed by atoms with Gasteiger partial charge in [0.25, 0.3) is 0 Å². The van der Waals surface area contributed by atoms with E-state index in [0.717, 1.165) is 0 Å². The molecule has 1 atom stereocenters. The standard InChI is InChI=1S/C17H30INS/c1-5-7-9-11-13-17(4,12-10-8-6-2)16-19-14(3)15(18)20-16/h5-13H2,1-4H3. The van der Waals surface area contributed by atoms with Crippen molar-refractivity contribution >= 4 is 33.9 Å². The first-order chi connectivity index (χ1) is 9.53. The van der Waals surface area contributed by atoms with E-state index in [0.29, 0.717) is 5.41 Å². The van der Waals surface area contributed by atoms with Gasteiger partial charge in [-0.1, -0.05) is 65.7 Å². The van der Waals surface area contributed by atoms with Crippen LogP contribution in [0.4, 0.5) is 0 Å². The summed E-state index contributed by atoms with van der Waals surface area (Å²) in [6.07, 6.45) is 12.0. The average molecular weight is 407 g/mol. The van der Waals surface area contributed by atoms with E-state index in [1.54, 1.807) is 0 Å². The Balaban J connectivity index is 2.71. The van der Waals surface area contributed by atoms with Gasteiger partial charge in [0.15, 0.2) is 0 Å². The number of hydrogen-bond donors (Lipinski definition) is 0. The predicted octanol–water partition coefficient (Wildman–Crippen LogP) is 6.86. The van der Waals surface area contributed by atoms with E-state index in [9.17, 15) is 0 Å². The van der Waals surface area contributed by atoms with Crippen molar-refractivity contribution in [2.75, 3.05) is 0 Å². The summed E-state index contributed by atoms with van der Waals surface area (Å²) in [4.78, 5) is 4.87. The molecule has 0 spiro atoms. The van der Waals surface area contributed by atoms with Crippen molar-refractivity contribution in [1.82, 2.24) is 4.98 Å². The summed E-state index contributed by atoms with van der Waals surface area (Å²) in [6.45, 7) is 9.16. The summed E-state index contributed by atoms with van der Waals surface area (Å²) in [5, 5.41) is 1.38. The second kappa shape index (κ2) is 9.39. The lowest BCUT2D eigenvalue weighted by Gasteiger charge is -2.27. The van der Waals surface area contributed by atoms with Crippen LogP contribution in [0.25, 0.3) is 0 Å². The highest BCUT2D eigenvalue weighted by atomic mass is 127. The second-order valence-electron chi connectivity index (χ2n) is 6.21. The van der Waals surface area contributed by atoms with E-state index < -0.39 is 0 Å². The fraction of sp³-hybridized carbons (Fsp3) is 0.824. The van der Waals surface area contributed by atoms with Crippen LogP contribution in [0.5, 0.6) is 0 Å². The van der Waals surface area contributed by atoms with Gasteiger partial charge in [0.1, 0.15) is 0 Å². The highest BCUT2D eigenvalue weighted by Crippen LogP contribution is 2.38. The molecule has 1 unspecified atom stereocenters. The fourth-order valence-electron chi connectivity index (χ4n) is 2.68. The molecule has 0 aliphatic heterocycles. The highest BCUT2D eigenvalue weighted by molar-refractivity contribution is 14.1. The Morgan fingerprint density at radius 3 is 2.05 bits per heavy atom. The molecule has 1 aromatic rings. The molecule has 116 valence electrons. The van der Waals surface area contributed by atoms with E-state index >= 15 is 0 Å². The van der Waals surface area contributed by atoms with Crippen molar-refractivity contribution in [2.24, 2.45) is 0 Å². The number of thiazole rings is 1. The van der Waals surface area contributed by atoms with Crippen molar-refractivity contribution in [3.05, 3.63) is 13.6 Å². The third kappa shape index (κ3) is 5.63. The van der Waals surface area contributed by atoms with Crippen LogP contribution < -0.4 is 0 Å². The van der Waals surface area contributed by atoms with Crippen LogP contribution >= 0.6 is 33.9 Å². The van der Waals surface area contributed by atoms with Crippen LogP contribution in [0.3, 0.4) is 0 Å². The number of unbranched alkanes of at least 4 members (excludes halogenated alkanes) is 5. The maximum absolute atomic E-state index is 4.87. The van der Waals surface area contributed by atoms with Gasteiger partial charge >= 0.3 is 0 Å². The summed E-state index contributed by atoms with van der Waals surface area (Å²) < 4.78 is 1.37. The zero-order chi connectivity index (χ0) is 15.0. The van der Waals surface area contributed by atoms with Gasteiger partial charge in [-0.15, -0.1) is 11.3 Å². The highest BCUT2D eigenvalue weighted by Gasteiger charge is 2.29. The molecule has 0 N–H and O–H groups in total. The van der Waals surface area contributed by atoms with Crippen LogP contribution in [-0.4, -0.2) is 4.98 Å². The minimum absolute atomic E-state index is 0.307. The summed E-state index contributed by atoms with van der Waals surface area (Å²) in [5.41, 5.74) is 1.53. The normalized spacial score (nSPS) is 14.4. The molecule has 3 heteroatoms. The van der Waals surface area contributed by atoms with Gasteiger partial charge in [-0.2, -0.15) is 0 Å². The Morgan fingerprint density at radius 2 is 1.55 bits per heavy atom. The maximum Gasteiger partial charge on any atom is 0.0998 e. The van der Waals surface area contributed by atoms with Gasteiger partial charge < -0.3 is 0 Å². The molecule has 0 radical (unpaired) electrons. The van der Waals surface area contributed by atoms with Gasteiger partial charge in [-0.05, 0) is 42.4 Å². The minimum atomic E-state index is 0.307. The van der Waals surface area contributed by atoms with Crippen LogP contribution in [-0.2, 0) is 5.41 Å². The van der Waals surface area contributed by atoms with Gasteiger partial charge in [0.2, 0.25) is 0 Å². The van der Waals surface area contributed by atoms with E-state index in [2.05, 4.69) is 50.3 Å². The molecule has 0 fully saturated rings. The second-order valence-corrected chi connectivity index (χ2v) is 9.02. The first-order valence-electron chi connectivity index (χ1n) is 8.17. The fourth-order valence-corrected chi connectivity index (χ4v) is 4.42. The predicted molar refractivity (Wildman–Crippen MR) is 99.8 cm³/mol. The number of nitrogens with zero attached hydrogens (tertiary/aromatic N) is 1. The van der Waals surface area contributed by atoms with Gasteiger partial charge in [0, 0.05) is 5.41 Å². The summed E-state index contributed by atoms with van der Waals surface area (Å²) in [5.74, 6) is 0. The SMILES string of the molecule is CCCCCCC(C)(CCCCC)c1nc(C)c(I)s1. The molecule has 0 aliphatic rings. The van der Waals surface area contributed by atoms with E-state index in [1.807, 2.05) is 11.3 Å². The molecule has 20 heavy (non-hydrogen) atoms. The largest absolute Gasteiger partial charge is 0.245 e. The summed E-state index contributed by atoms with van der Waals surface area (Å²) in [6, 6.07) is 0. The Bertz CT molecular complexity index is 369. The van der Waals surface area contributed by atoms with Gasteiger partial charge in [-0.3, -0.25) is 0 Å². The molecule has 0 saturated carbocycles. The van der Waals surface area contributed by atoms with Gasteiger partial charge in [0.05, 0.1) is 13.6 Å². The third-order valence-electron chi connectivity index (χ3n) is 4.17. The molecule has 1 heterocycles. The Hall–Kier alpha value is 0.360. The molecule has 0 saturated heterocycles. The van der Waals surface area contributed by atoms with Crippen LogP contribution in [0.2, 0.25) is 0 Å². The van der Waals surface area contributed by atoms with Gasteiger partial charge in [-0.25, -0.2) is 4.98 Å². The molecule has 0 amide bonds. The first kappa shape index (κ1) is 18.4. The Labute approximate surface area is 143 Å².